The van der Waals surface area contributed by atoms with Gasteiger partial charge in [0, 0.05) is 44.0 Å². The highest BCUT2D eigenvalue weighted by molar-refractivity contribution is 5.94. The Kier molecular flexibility index (Phi) is 6.80. The SMILES string of the molecule is Cc1cc(C)n(-c2ccc(C(=O)N(CCC#N)CCN3CCOCC3)cc2)n1. The fraction of sp³-hybridized carbons (Fsp3) is 0.476. The van der Waals surface area contributed by atoms with E-state index in [0.29, 0.717) is 25.1 Å². The molecule has 1 aromatic carbocycles. The lowest BCUT2D eigenvalue weighted by Gasteiger charge is -2.30. The molecule has 3 rings (SSSR count). The van der Waals surface area contributed by atoms with E-state index in [0.717, 1.165) is 49.9 Å². The number of carbonyl (C=O) groups excluding carboxylic acids is 1. The standard InChI is InChI=1S/C21H27N5O2/c1-17-16-18(2)26(23-17)20-6-4-19(5-7-20)21(27)25(9-3-8-22)11-10-24-12-14-28-15-13-24/h4-7,16H,3,9-15H2,1-2H3. The van der Waals surface area contributed by atoms with Crippen LogP contribution in [0.25, 0.3) is 5.69 Å². The maximum atomic E-state index is 13.0. The van der Waals surface area contributed by atoms with E-state index in [1.54, 1.807) is 4.90 Å². The van der Waals surface area contributed by atoms with Crippen LogP contribution in [-0.4, -0.2) is 71.4 Å². The molecule has 1 aliphatic rings. The predicted molar refractivity (Wildman–Crippen MR) is 106 cm³/mol. The molecule has 0 unspecified atom stereocenters. The van der Waals surface area contributed by atoms with Crippen molar-refractivity contribution in [2.45, 2.75) is 20.3 Å². The monoisotopic (exact) mass is 381 g/mol. The van der Waals surface area contributed by atoms with Gasteiger partial charge in [0.1, 0.15) is 0 Å². The molecule has 1 amide bonds. The van der Waals surface area contributed by atoms with E-state index in [1.165, 1.54) is 0 Å². The van der Waals surface area contributed by atoms with Gasteiger partial charge in [-0.15, -0.1) is 0 Å². The number of nitriles is 1. The molecular weight excluding hydrogens is 354 g/mol. The maximum Gasteiger partial charge on any atom is 0.253 e. The molecule has 0 bridgehead atoms. The first-order valence-electron chi connectivity index (χ1n) is 9.68. The molecule has 1 fully saturated rings. The molecule has 0 spiro atoms. The summed E-state index contributed by atoms with van der Waals surface area (Å²) in [6.45, 7) is 9.06. The maximum absolute atomic E-state index is 13.0. The zero-order valence-electron chi connectivity index (χ0n) is 16.6. The van der Waals surface area contributed by atoms with Gasteiger partial charge in [-0.05, 0) is 44.2 Å². The Hall–Kier alpha value is -2.69. The van der Waals surface area contributed by atoms with Crippen molar-refractivity contribution >= 4 is 5.91 Å². The number of nitrogens with zero attached hydrogens (tertiary/aromatic N) is 5. The van der Waals surface area contributed by atoms with E-state index in [4.69, 9.17) is 10.00 Å². The Bertz CT molecular complexity index is 831. The van der Waals surface area contributed by atoms with Gasteiger partial charge in [0.15, 0.2) is 0 Å². The molecule has 2 heterocycles. The third-order valence-corrected chi connectivity index (χ3v) is 4.94. The number of hydrogen-bond donors (Lipinski definition) is 0. The molecule has 0 saturated carbocycles. The molecule has 2 aromatic rings. The summed E-state index contributed by atoms with van der Waals surface area (Å²) in [6.07, 6.45) is 0.332. The van der Waals surface area contributed by atoms with Crippen LogP contribution in [0.2, 0.25) is 0 Å². The van der Waals surface area contributed by atoms with Crippen molar-refractivity contribution in [3.8, 4) is 11.8 Å². The van der Waals surface area contributed by atoms with Gasteiger partial charge in [0.2, 0.25) is 0 Å². The average molecular weight is 381 g/mol. The minimum Gasteiger partial charge on any atom is -0.379 e. The summed E-state index contributed by atoms with van der Waals surface area (Å²) in [6, 6.07) is 11.7. The molecular formula is C21H27N5O2. The minimum atomic E-state index is -0.0385. The molecule has 148 valence electrons. The number of ether oxygens (including phenoxy) is 1. The largest absolute Gasteiger partial charge is 0.379 e. The van der Waals surface area contributed by atoms with Crippen LogP contribution in [0.1, 0.15) is 28.2 Å². The van der Waals surface area contributed by atoms with Crippen LogP contribution in [0, 0.1) is 25.2 Å². The number of carbonyl (C=O) groups is 1. The quantitative estimate of drug-likeness (QED) is 0.735. The number of amides is 1. The fourth-order valence-electron chi connectivity index (χ4n) is 3.40. The second kappa shape index (κ2) is 9.49. The molecule has 28 heavy (non-hydrogen) atoms. The highest BCUT2D eigenvalue weighted by atomic mass is 16.5. The van der Waals surface area contributed by atoms with Crippen LogP contribution in [0.3, 0.4) is 0 Å². The fourth-order valence-corrected chi connectivity index (χ4v) is 3.40. The van der Waals surface area contributed by atoms with Crippen LogP contribution < -0.4 is 0 Å². The Morgan fingerprint density at radius 3 is 2.54 bits per heavy atom. The number of hydrogen-bond acceptors (Lipinski definition) is 5. The zero-order valence-corrected chi connectivity index (χ0v) is 16.6. The number of aryl methyl sites for hydroxylation is 2. The number of aromatic nitrogens is 2. The average Bonchev–Trinajstić information content (AvgIpc) is 3.06. The summed E-state index contributed by atoms with van der Waals surface area (Å²) in [5.74, 6) is -0.0385. The van der Waals surface area contributed by atoms with E-state index < -0.39 is 0 Å². The molecule has 0 atom stereocenters. The van der Waals surface area contributed by atoms with E-state index in [9.17, 15) is 4.79 Å². The molecule has 1 aromatic heterocycles. The summed E-state index contributed by atoms with van der Waals surface area (Å²) < 4.78 is 7.24. The van der Waals surface area contributed by atoms with E-state index in [2.05, 4.69) is 16.1 Å². The van der Waals surface area contributed by atoms with E-state index in [1.807, 2.05) is 48.9 Å². The van der Waals surface area contributed by atoms with Gasteiger partial charge in [0.05, 0.1) is 37.1 Å². The predicted octanol–water partition coefficient (Wildman–Crippen LogP) is 2.18. The van der Waals surface area contributed by atoms with E-state index in [-0.39, 0.29) is 5.91 Å². The lowest BCUT2D eigenvalue weighted by molar-refractivity contribution is 0.0326. The molecule has 7 heteroatoms. The zero-order chi connectivity index (χ0) is 19.9. The van der Waals surface area contributed by atoms with Gasteiger partial charge >= 0.3 is 0 Å². The molecule has 1 aliphatic heterocycles. The third-order valence-electron chi connectivity index (χ3n) is 4.94. The number of benzene rings is 1. The highest BCUT2D eigenvalue weighted by Gasteiger charge is 2.18. The van der Waals surface area contributed by atoms with Crippen LogP contribution in [0.15, 0.2) is 30.3 Å². The smallest absolute Gasteiger partial charge is 0.253 e. The third kappa shape index (κ3) is 4.97. The first-order valence-corrected chi connectivity index (χ1v) is 9.68. The molecule has 7 nitrogen and oxygen atoms in total. The number of rotatable bonds is 7. The summed E-state index contributed by atoms with van der Waals surface area (Å²) in [5.41, 5.74) is 3.57. The van der Waals surface area contributed by atoms with Crippen molar-refractivity contribution in [3.63, 3.8) is 0 Å². The van der Waals surface area contributed by atoms with Crippen molar-refractivity contribution in [3.05, 3.63) is 47.3 Å². The first kappa shape index (κ1) is 20.1. The number of morpholine rings is 1. The van der Waals surface area contributed by atoms with Gasteiger partial charge in [-0.25, -0.2) is 4.68 Å². The lowest BCUT2D eigenvalue weighted by atomic mass is 10.1. The van der Waals surface area contributed by atoms with Crippen LogP contribution >= 0.6 is 0 Å². The minimum absolute atomic E-state index is 0.0385. The topological polar surface area (TPSA) is 74.4 Å². The van der Waals surface area contributed by atoms with Crippen LogP contribution in [0.5, 0.6) is 0 Å². The second-order valence-electron chi connectivity index (χ2n) is 7.04. The summed E-state index contributed by atoms with van der Waals surface area (Å²) in [4.78, 5) is 17.1. The second-order valence-corrected chi connectivity index (χ2v) is 7.04. The summed E-state index contributed by atoms with van der Waals surface area (Å²) in [7, 11) is 0. The highest BCUT2D eigenvalue weighted by Crippen LogP contribution is 2.14. The molecule has 0 N–H and O–H groups in total. The van der Waals surface area contributed by atoms with Gasteiger partial charge < -0.3 is 9.64 Å². The molecule has 0 aliphatic carbocycles. The Morgan fingerprint density at radius 2 is 1.93 bits per heavy atom. The molecule has 0 radical (unpaired) electrons. The van der Waals surface area contributed by atoms with Crippen molar-refractivity contribution in [2.75, 3.05) is 45.9 Å². The van der Waals surface area contributed by atoms with Crippen molar-refractivity contribution in [1.82, 2.24) is 19.6 Å². The Balaban J connectivity index is 1.68. The molecule has 1 saturated heterocycles. The van der Waals surface area contributed by atoms with Gasteiger partial charge in [-0.1, -0.05) is 0 Å². The van der Waals surface area contributed by atoms with Gasteiger partial charge in [-0.2, -0.15) is 10.4 Å². The lowest BCUT2D eigenvalue weighted by Crippen LogP contribution is -2.43. The van der Waals surface area contributed by atoms with Gasteiger partial charge in [-0.3, -0.25) is 9.69 Å². The van der Waals surface area contributed by atoms with Crippen LogP contribution in [-0.2, 0) is 4.74 Å². The van der Waals surface area contributed by atoms with Crippen molar-refractivity contribution in [2.24, 2.45) is 0 Å². The Morgan fingerprint density at radius 1 is 1.21 bits per heavy atom. The van der Waals surface area contributed by atoms with E-state index >= 15 is 0 Å². The van der Waals surface area contributed by atoms with Gasteiger partial charge in [0.25, 0.3) is 5.91 Å². The summed E-state index contributed by atoms with van der Waals surface area (Å²) >= 11 is 0. The summed E-state index contributed by atoms with van der Waals surface area (Å²) in [5, 5.41) is 13.4. The first-order chi connectivity index (χ1) is 13.6. The van der Waals surface area contributed by atoms with Crippen molar-refractivity contribution < 1.29 is 9.53 Å². The van der Waals surface area contributed by atoms with Crippen molar-refractivity contribution in [1.29, 1.82) is 5.26 Å². The normalized spacial score (nSPS) is 14.6. The Labute approximate surface area is 166 Å². The van der Waals surface area contributed by atoms with Crippen LogP contribution in [0.4, 0.5) is 0 Å².